The van der Waals surface area contributed by atoms with Gasteiger partial charge in [-0.25, -0.2) is 0 Å². The molecule has 4 heterocycles. The van der Waals surface area contributed by atoms with Gasteiger partial charge in [-0.3, -0.25) is 14.6 Å². The lowest BCUT2D eigenvalue weighted by atomic mass is 9.77. The second-order valence-electron chi connectivity index (χ2n) is 11.7. The largest absolute Gasteiger partial charge is 0.493 e. The summed E-state index contributed by atoms with van der Waals surface area (Å²) in [6.45, 7) is 9.90. The van der Waals surface area contributed by atoms with Gasteiger partial charge in [0, 0.05) is 67.4 Å². The molecule has 0 aliphatic carbocycles. The second kappa shape index (κ2) is 11.4. The Morgan fingerprint density at radius 2 is 1.85 bits per heavy atom. The van der Waals surface area contributed by atoms with Crippen molar-refractivity contribution in [1.29, 1.82) is 0 Å². The molecule has 2 saturated heterocycles. The van der Waals surface area contributed by atoms with Crippen LogP contribution in [-0.2, 0) is 6.42 Å². The zero-order valence-electron chi connectivity index (χ0n) is 23.8. The smallest absolute Gasteiger partial charge is 0.253 e. The van der Waals surface area contributed by atoms with Crippen LogP contribution in [0.25, 0.3) is 0 Å². The van der Waals surface area contributed by atoms with Crippen LogP contribution < -0.4 is 15.0 Å². The minimum atomic E-state index is -0.225. The first-order valence-electron chi connectivity index (χ1n) is 14.7. The van der Waals surface area contributed by atoms with Gasteiger partial charge in [0.2, 0.25) is 0 Å². The number of piperidine rings is 1. The number of fused-ring (bicyclic) bond motifs is 1. The number of aromatic nitrogens is 1. The first-order chi connectivity index (χ1) is 20.0. The van der Waals surface area contributed by atoms with E-state index in [4.69, 9.17) is 4.74 Å². The molecular formula is C34H38N4O3. The lowest BCUT2D eigenvalue weighted by molar-refractivity contribution is 0.0764. The third-order valence-corrected chi connectivity index (χ3v) is 9.09. The summed E-state index contributed by atoms with van der Waals surface area (Å²) < 4.78 is 6.03. The van der Waals surface area contributed by atoms with E-state index in [-0.39, 0.29) is 23.3 Å². The number of likely N-dealkylation sites (tertiary alicyclic amines) is 1. The quantitative estimate of drug-likeness (QED) is 0.410. The van der Waals surface area contributed by atoms with Crippen molar-refractivity contribution >= 4 is 17.5 Å². The molecule has 3 aromatic rings. The summed E-state index contributed by atoms with van der Waals surface area (Å²) in [5.41, 5.74) is 5.48. The van der Waals surface area contributed by atoms with Crippen molar-refractivity contribution in [2.45, 2.75) is 45.1 Å². The molecule has 2 fully saturated rings. The molecular weight excluding hydrogens is 512 g/mol. The van der Waals surface area contributed by atoms with Crippen LogP contribution in [0, 0.1) is 12.3 Å². The molecule has 0 saturated carbocycles. The maximum atomic E-state index is 13.8. The van der Waals surface area contributed by atoms with Crippen LogP contribution in [0.3, 0.4) is 0 Å². The van der Waals surface area contributed by atoms with Gasteiger partial charge in [0.1, 0.15) is 5.75 Å². The van der Waals surface area contributed by atoms with Crippen molar-refractivity contribution in [2.24, 2.45) is 5.41 Å². The number of rotatable bonds is 6. The number of nitrogens with zero attached hydrogens (tertiary/aromatic N) is 3. The van der Waals surface area contributed by atoms with Crippen LogP contribution in [0.15, 0.2) is 73.6 Å². The maximum absolute atomic E-state index is 13.8. The molecule has 0 unspecified atom stereocenters. The Morgan fingerprint density at radius 3 is 2.63 bits per heavy atom. The standard InChI is InChI=1S/C34H38N4O3/c1-3-6-25-7-4-5-8-28(25)32(39)36-30-11-20-41-31-24(2)21-26(22-29(30)31)33(40)38-19-14-34(23-38)12-17-37(18-13-34)27-9-15-35-16-10-27/h3-5,7-10,15-16,21-22,30H,1,6,11-14,17-20,23H2,2H3,(H,36,39)/t30-/m1/s1. The third-order valence-electron chi connectivity index (χ3n) is 9.09. The lowest BCUT2D eigenvalue weighted by Crippen LogP contribution is -2.42. The van der Waals surface area contributed by atoms with Crippen molar-refractivity contribution in [3.63, 3.8) is 0 Å². The topological polar surface area (TPSA) is 74.8 Å². The predicted octanol–water partition coefficient (Wildman–Crippen LogP) is 5.50. The molecule has 1 aromatic heterocycles. The minimum Gasteiger partial charge on any atom is -0.493 e. The molecule has 1 spiro atoms. The number of allylic oxidation sites excluding steroid dienone is 1. The van der Waals surface area contributed by atoms with E-state index in [1.807, 2.05) is 66.7 Å². The highest BCUT2D eigenvalue weighted by Crippen LogP contribution is 2.42. The third kappa shape index (κ3) is 5.45. The Morgan fingerprint density at radius 1 is 1.10 bits per heavy atom. The van der Waals surface area contributed by atoms with Gasteiger partial charge < -0.3 is 19.9 Å². The number of hydrogen-bond acceptors (Lipinski definition) is 5. The van der Waals surface area contributed by atoms with E-state index in [9.17, 15) is 9.59 Å². The summed E-state index contributed by atoms with van der Waals surface area (Å²) in [4.78, 5) is 35.8. The fraction of sp³-hybridized carbons (Fsp3) is 0.382. The Labute approximate surface area is 242 Å². The number of benzene rings is 2. The number of carbonyl (C=O) groups excluding carboxylic acids is 2. The van der Waals surface area contributed by atoms with Crippen LogP contribution in [0.1, 0.15) is 69.1 Å². The van der Waals surface area contributed by atoms with Crippen molar-refractivity contribution in [2.75, 3.05) is 37.7 Å². The van der Waals surface area contributed by atoms with E-state index in [0.29, 0.717) is 30.6 Å². The van der Waals surface area contributed by atoms with Crippen LogP contribution in [0.4, 0.5) is 5.69 Å². The average molecular weight is 551 g/mol. The highest BCUT2D eigenvalue weighted by Gasteiger charge is 2.42. The van der Waals surface area contributed by atoms with Gasteiger partial charge in [-0.1, -0.05) is 24.3 Å². The van der Waals surface area contributed by atoms with Crippen molar-refractivity contribution in [3.05, 3.63) is 101 Å². The van der Waals surface area contributed by atoms with Gasteiger partial charge in [-0.2, -0.15) is 0 Å². The number of amides is 2. The Kier molecular flexibility index (Phi) is 7.52. The summed E-state index contributed by atoms with van der Waals surface area (Å²) in [5.74, 6) is 0.726. The number of aryl methyl sites for hydroxylation is 1. The van der Waals surface area contributed by atoms with Crippen LogP contribution in [0.2, 0.25) is 0 Å². The van der Waals surface area contributed by atoms with Crippen LogP contribution in [0.5, 0.6) is 5.75 Å². The SMILES string of the molecule is C=CCc1ccccc1C(=O)N[C@@H]1CCOc2c(C)cc(C(=O)N3CCC4(CCN(c5ccncc5)CC4)C3)cc21. The molecule has 3 aliphatic heterocycles. The zero-order valence-corrected chi connectivity index (χ0v) is 23.8. The number of hydrogen-bond donors (Lipinski definition) is 1. The first kappa shape index (κ1) is 27.1. The van der Waals surface area contributed by atoms with Gasteiger partial charge >= 0.3 is 0 Å². The molecule has 0 radical (unpaired) electrons. The number of pyridine rings is 1. The highest BCUT2D eigenvalue weighted by molar-refractivity contribution is 5.97. The molecule has 1 atom stereocenters. The van der Waals surface area contributed by atoms with Crippen LogP contribution in [-0.4, -0.2) is 54.5 Å². The van der Waals surface area contributed by atoms with Gasteiger partial charge in [-0.15, -0.1) is 6.58 Å². The van der Waals surface area contributed by atoms with E-state index in [1.54, 1.807) is 0 Å². The van der Waals surface area contributed by atoms with E-state index < -0.39 is 0 Å². The lowest BCUT2D eigenvalue weighted by Gasteiger charge is -2.40. The molecule has 2 amide bonds. The molecule has 212 valence electrons. The van der Waals surface area contributed by atoms with Gasteiger partial charge in [0.15, 0.2) is 0 Å². The summed E-state index contributed by atoms with van der Waals surface area (Å²) in [5, 5.41) is 3.23. The molecule has 3 aliphatic rings. The Balaban J connectivity index is 1.17. The first-order valence-corrected chi connectivity index (χ1v) is 14.7. The number of nitrogens with one attached hydrogen (secondary N) is 1. The second-order valence-corrected chi connectivity index (χ2v) is 11.7. The number of anilines is 1. The molecule has 6 rings (SSSR count). The van der Waals surface area contributed by atoms with Crippen molar-refractivity contribution < 1.29 is 14.3 Å². The Bertz CT molecular complexity index is 1450. The van der Waals surface area contributed by atoms with Crippen molar-refractivity contribution in [1.82, 2.24) is 15.2 Å². The molecule has 41 heavy (non-hydrogen) atoms. The summed E-state index contributed by atoms with van der Waals surface area (Å²) in [6, 6.07) is 15.4. The van der Waals surface area contributed by atoms with E-state index in [2.05, 4.69) is 33.9 Å². The molecule has 2 aromatic carbocycles. The molecule has 7 heteroatoms. The fourth-order valence-corrected chi connectivity index (χ4v) is 6.77. The average Bonchev–Trinajstić information content (AvgIpc) is 3.41. The highest BCUT2D eigenvalue weighted by atomic mass is 16.5. The predicted molar refractivity (Wildman–Crippen MR) is 160 cm³/mol. The zero-order chi connectivity index (χ0) is 28.4. The van der Waals surface area contributed by atoms with Gasteiger partial charge in [0.25, 0.3) is 11.8 Å². The van der Waals surface area contributed by atoms with E-state index >= 15 is 0 Å². The van der Waals surface area contributed by atoms with E-state index in [1.165, 1.54) is 5.69 Å². The minimum absolute atomic E-state index is 0.0660. The molecule has 7 nitrogen and oxygen atoms in total. The normalized spacial score (nSPS) is 19.4. The van der Waals surface area contributed by atoms with Gasteiger partial charge in [-0.05, 0) is 79.5 Å². The summed E-state index contributed by atoms with van der Waals surface area (Å²) in [6.07, 6.45) is 9.99. The summed E-state index contributed by atoms with van der Waals surface area (Å²) >= 11 is 0. The van der Waals surface area contributed by atoms with Crippen molar-refractivity contribution in [3.8, 4) is 5.75 Å². The summed E-state index contributed by atoms with van der Waals surface area (Å²) in [7, 11) is 0. The van der Waals surface area contributed by atoms with E-state index in [0.717, 1.165) is 67.9 Å². The fourth-order valence-electron chi connectivity index (χ4n) is 6.77. The maximum Gasteiger partial charge on any atom is 0.253 e. The monoisotopic (exact) mass is 550 g/mol. The molecule has 1 N–H and O–H groups in total. The number of carbonyl (C=O) groups is 2. The van der Waals surface area contributed by atoms with Gasteiger partial charge in [0.05, 0.1) is 12.6 Å². The Hall–Kier alpha value is -4.13. The van der Waals surface area contributed by atoms with Crippen LogP contribution >= 0.6 is 0 Å². The number of ether oxygens (including phenoxy) is 1. The molecule has 0 bridgehead atoms.